The quantitative estimate of drug-likeness (QED) is 0.636. The van der Waals surface area contributed by atoms with Gasteiger partial charge in [0.1, 0.15) is 6.10 Å². The second-order valence-electron chi connectivity index (χ2n) is 3.96. The highest BCUT2D eigenvalue weighted by Gasteiger charge is 2.30. The zero-order valence-electron chi connectivity index (χ0n) is 8.76. The monoisotopic (exact) mass is 190 g/mol. The SMILES string of the molecule is CC(=O)OC1Cc2cc(C)cc(C)c21. The molecule has 1 aromatic carbocycles. The number of hydrogen-bond acceptors (Lipinski definition) is 2. The van der Waals surface area contributed by atoms with Crippen LogP contribution in [0.1, 0.15) is 35.3 Å². The van der Waals surface area contributed by atoms with E-state index in [0.717, 1.165) is 6.42 Å². The Morgan fingerprint density at radius 3 is 2.71 bits per heavy atom. The van der Waals surface area contributed by atoms with E-state index in [2.05, 4.69) is 26.0 Å². The van der Waals surface area contributed by atoms with Crippen LogP contribution in [-0.2, 0) is 16.0 Å². The number of hydrogen-bond donors (Lipinski definition) is 0. The van der Waals surface area contributed by atoms with E-state index >= 15 is 0 Å². The summed E-state index contributed by atoms with van der Waals surface area (Å²) < 4.78 is 5.19. The van der Waals surface area contributed by atoms with Gasteiger partial charge in [-0.3, -0.25) is 4.79 Å². The molecular formula is C12H14O2. The Labute approximate surface area is 83.9 Å². The van der Waals surface area contributed by atoms with Crippen LogP contribution in [0.4, 0.5) is 0 Å². The summed E-state index contributed by atoms with van der Waals surface area (Å²) in [4.78, 5) is 10.8. The number of carbonyl (C=O) groups excluding carboxylic acids is 1. The van der Waals surface area contributed by atoms with E-state index in [9.17, 15) is 4.79 Å². The average Bonchev–Trinajstić information content (AvgIpc) is 1.98. The molecule has 1 aromatic rings. The molecule has 74 valence electrons. The minimum absolute atomic E-state index is 0.00287. The average molecular weight is 190 g/mol. The van der Waals surface area contributed by atoms with E-state index in [1.54, 1.807) is 0 Å². The molecule has 14 heavy (non-hydrogen) atoms. The zero-order chi connectivity index (χ0) is 10.3. The van der Waals surface area contributed by atoms with Crippen molar-refractivity contribution in [3.8, 4) is 0 Å². The van der Waals surface area contributed by atoms with Crippen molar-refractivity contribution in [2.75, 3.05) is 0 Å². The summed E-state index contributed by atoms with van der Waals surface area (Å²) >= 11 is 0. The van der Waals surface area contributed by atoms with Crippen molar-refractivity contribution in [3.63, 3.8) is 0 Å². The van der Waals surface area contributed by atoms with Crippen molar-refractivity contribution in [1.82, 2.24) is 0 Å². The van der Waals surface area contributed by atoms with Crippen LogP contribution < -0.4 is 0 Å². The van der Waals surface area contributed by atoms with Gasteiger partial charge in [-0.1, -0.05) is 17.7 Å². The maximum absolute atomic E-state index is 10.8. The molecule has 0 aromatic heterocycles. The van der Waals surface area contributed by atoms with Crippen molar-refractivity contribution < 1.29 is 9.53 Å². The number of rotatable bonds is 1. The molecule has 0 heterocycles. The predicted octanol–water partition coefficient (Wildman–Crippen LogP) is 2.46. The predicted molar refractivity (Wildman–Crippen MR) is 54.1 cm³/mol. The fraction of sp³-hybridized carbons (Fsp3) is 0.417. The first kappa shape index (κ1) is 9.25. The highest BCUT2D eigenvalue weighted by molar-refractivity contribution is 5.67. The molecule has 0 N–H and O–H groups in total. The summed E-state index contributed by atoms with van der Waals surface area (Å²) in [5.41, 5.74) is 5.06. The Morgan fingerprint density at radius 1 is 1.43 bits per heavy atom. The molecule has 2 heteroatoms. The van der Waals surface area contributed by atoms with Gasteiger partial charge in [-0.2, -0.15) is 0 Å². The van der Waals surface area contributed by atoms with Gasteiger partial charge in [0.05, 0.1) is 0 Å². The van der Waals surface area contributed by atoms with Gasteiger partial charge in [-0.05, 0) is 30.5 Å². The molecule has 0 aliphatic heterocycles. The van der Waals surface area contributed by atoms with Gasteiger partial charge >= 0.3 is 5.97 Å². The standard InChI is InChI=1S/C12H14O2/c1-7-4-8(2)12-10(5-7)6-11(12)14-9(3)13/h4-5,11H,6H2,1-3H3. The molecule has 1 atom stereocenters. The third-order valence-electron chi connectivity index (χ3n) is 2.65. The van der Waals surface area contributed by atoms with Crippen LogP contribution in [0.15, 0.2) is 12.1 Å². The topological polar surface area (TPSA) is 26.3 Å². The third kappa shape index (κ3) is 1.41. The molecule has 2 nitrogen and oxygen atoms in total. The Kier molecular flexibility index (Phi) is 2.06. The van der Waals surface area contributed by atoms with Crippen LogP contribution in [0.25, 0.3) is 0 Å². The maximum Gasteiger partial charge on any atom is 0.303 e. The lowest BCUT2D eigenvalue weighted by Crippen LogP contribution is -2.23. The number of esters is 1. The zero-order valence-corrected chi connectivity index (χ0v) is 8.76. The summed E-state index contributed by atoms with van der Waals surface area (Å²) in [7, 11) is 0. The smallest absolute Gasteiger partial charge is 0.303 e. The first-order chi connectivity index (χ1) is 6.58. The minimum Gasteiger partial charge on any atom is -0.457 e. The van der Waals surface area contributed by atoms with Gasteiger partial charge in [0, 0.05) is 13.3 Å². The summed E-state index contributed by atoms with van der Waals surface area (Å²) in [6.45, 7) is 5.62. The fourth-order valence-corrected chi connectivity index (χ4v) is 2.17. The van der Waals surface area contributed by atoms with Crippen LogP contribution >= 0.6 is 0 Å². The molecule has 0 amide bonds. The summed E-state index contributed by atoms with van der Waals surface area (Å²) in [6.07, 6.45) is 0.875. The van der Waals surface area contributed by atoms with E-state index in [1.165, 1.54) is 29.2 Å². The molecule has 0 bridgehead atoms. The number of benzene rings is 1. The fourth-order valence-electron chi connectivity index (χ4n) is 2.17. The number of ether oxygens (including phenoxy) is 1. The number of carbonyl (C=O) groups is 1. The van der Waals surface area contributed by atoms with Gasteiger partial charge in [0.2, 0.25) is 0 Å². The van der Waals surface area contributed by atoms with Crippen molar-refractivity contribution in [1.29, 1.82) is 0 Å². The molecule has 0 saturated heterocycles. The third-order valence-corrected chi connectivity index (χ3v) is 2.65. The molecule has 0 fully saturated rings. The lowest BCUT2D eigenvalue weighted by atomic mass is 9.81. The Hall–Kier alpha value is -1.31. The van der Waals surface area contributed by atoms with Crippen molar-refractivity contribution in [3.05, 3.63) is 34.4 Å². The molecule has 0 radical (unpaired) electrons. The highest BCUT2D eigenvalue weighted by Crippen LogP contribution is 2.39. The molecule has 1 aliphatic rings. The van der Waals surface area contributed by atoms with E-state index in [4.69, 9.17) is 4.74 Å². The summed E-state index contributed by atoms with van der Waals surface area (Å²) in [5.74, 6) is -0.194. The van der Waals surface area contributed by atoms with Crippen molar-refractivity contribution in [2.24, 2.45) is 0 Å². The van der Waals surface area contributed by atoms with E-state index in [-0.39, 0.29) is 12.1 Å². The Morgan fingerprint density at radius 2 is 2.14 bits per heavy atom. The Bertz CT molecular complexity index is 376. The van der Waals surface area contributed by atoms with Crippen LogP contribution in [0.2, 0.25) is 0 Å². The highest BCUT2D eigenvalue weighted by atomic mass is 16.5. The number of fused-ring (bicyclic) bond motifs is 1. The largest absolute Gasteiger partial charge is 0.457 e. The molecule has 2 rings (SSSR count). The van der Waals surface area contributed by atoms with Crippen molar-refractivity contribution in [2.45, 2.75) is 33.3 Å². The Balaban J connectivity index is 2.29. The summed E-state index contributed by atoms with van der Waals surface area (Å²) in [5, 5.41) is 0. The van der Waals surface area contributed by atoms with Gasteiger partial charge < -0.3 is 4.74 Å². The van der Waals surface area contributed by atoms with Crippen LogP contribution in [-0.4, -0.2) is 5.97 Å². The van der Waals surface area contributed by atoms with Gasteiger partial charge in [-0.25, -0.2) is 0 Å². The second kappa shape index (κ2) is 3.12. The van der Waals surface area contributed by atoms with E-state index in [0.29, 0.717) is 0 Å². The molecule has 0 spiro atoms. The van der Waals surface area contributed by atoms with Gasteiger partial charge in [0.25, 0.3) is 0 Å². The lowest BCUT2D eigenvalue weighted by Gasteiger charge is -2.31. The van der Waals surface area contributed by atoms with Gasteiger partial charge in [-0.15, -0.1) is 0 Å². The maximum atomic E-state index is 10.8. The molecule has 1 aliphatic carbocycles. The lowest BCUT2D eigenvalue weighted by molar-refractivity contribution is -0.147. The molecule has 0 saturated carbocycles. The number of aryl methyl sites for hydroxylation is 2. The summed E-state index contributed by atoms with van der Waals surface area (Å²) in [6, 6.07) is 4.30. The van der Waals surface area contributed by atoms with Crippen LogP contribution in [0.5, 0.6) is 0 Å². The second-order valence-corrected chi connectivity index (χ2v) is 3.96. The first-order valence-electron chi connectivity index (χ1n) is 4.85. The van der Waals surface area contributed by atoms with Crippen LogP contribution in [0, 0.1) is 13.8 Å². The normalized spacial score (nSPS) is 18.4. The van der Waals surface area contributed by atoms with Crippen LogP contribution in [0.3, 0.4) is 0 Å². The minimum atomic E-state index is -0.194. The van der Waals surface area contributed by atoms with E-state index < -0.39 is 0 Å². The van der Waals surface area contributed by atoms with E-state index in [1.807, 2.05) is 0 Å². The first-order valence-corrected chi connectivity index (χ1v) is 4.85. The molecule has 1 unspecified atom stereocenters. The van der Waals surface area contributed by atoms with Crippen molar-refractivity contribution >= 4 is 5.97 Å². The van der Waals surface area contributed by atoms with Gasteiger partial charge in [0.15, 0.2) is 0 Å². The molecular weight excluding hydrogens is 176 g/mol.